The van der Waals surface area contributed by atoms with E-state index in [2.05, 4.69) is 16.7 Å². The Morgan fingerprint density at radius 3 is 2.31 bits per heavy atom. The molecule has 162 valence electrons. The molecule has 0 amide bonds. The monoisotopic (exact) mass is 491 g/mol. The molecule has 3 rings (SSSR count). The number of sulfone groups is 1. The summed E-state index contributed by atoms with van der Waals surface area (Å²) >= 11 is 17.6. The fourth-order valence-corrected chi connectivity index (χ4v) is 4.86. The van der Waals surface area contributed by atoms with E-state index in [4.69, 9.17) is 34.8 Å². The summed E-state index contributed by atoms with van der Waals surface area (Å²) in [5, 5.41) is 1.31. The van der Waals surface area contributed by atoms with Crippen LogP contribution in [-0.2, 0) is 21.2 Å². The maximum Gasteiger partial charge on any atom is 0.411 e. The van der Waals surface area contributed by atoms with Crippen LogP contribution in [-0.4, -0.2) is 33.3 Å². The second kappa shape index (κ2) is 9.56. The molecule has 29 heavy (non-hydrogen) atoms. The van der Waals surface area contributed by atoms with Gasteiger partial charge in [0, 0.05) is 28.5 Å². The number of ether oxygens (including phenoxy) is 1. The van der Waals surface area contributed by atoms with Crippen molar-refractivity contribution in [3.05, 3.63) is 27.0 Å². The molecule has 0 unspecified atom stereocenters. The van der Waals surface area contributed by atoms with Crippen LogP contribution in [0, 0.1) is 0 Å². The maximum absolute atomic E-state index is 12.2. The number of halogens is 6. The van der Waals surface area contributed by atoms with Crippen molar-refractivity contribution < 1.29 is 26.3 Å². The second-order valence-electron chi connectivity index (χ2n) is 6.49. The first kappa shape index (κ1) is 24.5. The molecule has 0 aromatic heterocycles. The first-order valence-electron chi connectivity index (χ1n) is 8.67. The minimum atomic E-state index is -4.52. The summed E-state index contributed by atoms with van der Waals surface area (Å²) in [5.41, 5.74) is 0.385. The van der Waals surface area contributed by atoms with Gasteiger partial charge in [-0.2, -0.15) is 13.2 Å². The Morgan fingerprint density at radius 1 is 1.21 bits per heavy atom. The smallest absolute Gasteiger partial charge is 0.367 e. The van der Waals surface area contributed by atoms with Crippen molar-refractivity contribution in [2.24, 2.45) is 4.99 Å². The van der Waals surface area contributed by atoms with E-state index in [1.54, 1.807) is 0 Å². The van der Waals surface area contributed by atoms with Gasteiger partial charge in [0.2, 0.25) is 0 Å². The van der Waals surface area contributed by atoms with Crippen molar-refractivity contribution in [3.8, 4) is 0 Å². The predicted octanol–water partition coefficient (Wildman–Crippen LogP) is 6.03. The SMILES string of the molecule is CCCCCCl.CS(=O)(=O)c1c(COCC(F)(F)F)c(Cl)c2c3c(Cl)cc1c2=N3. The Kier molecular flexibility index (Phi) is 8.06. The van der Waals surface area contributed by atoms with Crippen LogP contribution >= 0.6 is 34.8 Å². The Labute approximate surface area is 181 Å². The average Bonchev–Trinajstić information content (AvgIpc) is 2.55. The molecule has 11 heteroatoms. The van der Waals surface area contributed by atoms with E-state index < -0.39 is 29.2 Å². The quantitative estimate of drug-likeness (QED) is 0.299. The topological polar surface area (TPSA) is 55.7 Å². The van der Waals surface area contributed by atoms with Crippen molar-refractivity contribution in [2.75, 3.05) is 18.7 Å². The highest BCUT2D eigenvalue weighted by atomic mass is 35.5. The summed E-state index contributed by atoms with van der Waals surface area (Å²) in [6.45, 7) is 0.0861. The molecule has 0 aliphatic carbocycles. The molecule has 2 aromatic carbocycles. The van der Waals surface area contributed by atoms with E-state index in [9.17, 15) is 21.6 Å². The molecule has 0 atom stereocenters. The zero-order valence-electron chi connectivity index (χ0n) is 15.7. The van der Waals surface area contributed by atoms with Crippen LogP contribution in [0.3, 0.4) is 0 Å². The van der Waals surface area contributed by atoms with Gasteiger partial charge in [-0.15, -0.1) is 11.6 Å². The summed E-state index contributed by atoms with van der Waals surface area (Å²) < 4.78 is 65.5. The summed E-state index contributed by atoms with van der Waals surface area (Å²) in [7, 11) is -3.79. The highest BCUT2D eigenvalue weighted by Crippen LogP contribution is 2.44. The number of hydrogen-bond acceptors (Lipinski definition) is 4. The number of hydrogen-bond donors (Lipinski definition) is 0. The van der Waals surface area contributed by atoms with Crippen LogP contribution in [0.25, 0.3) is 10.8 Å². The lowest BCUT2D eigenvalue weighted by Gasteiger charge is -2.22. The van der Waals surface area contributed by atoms with E-state index in [0.717, 1.165) is 12.1 Å². The summed E-state index contributed by atoms with van der Waals surface area (Å²) in [6, 6.07) is 1.42. The largest absolute Gasteiger partial charge is 0.411 e. The standard InChI is InChI=1S/C13H8Cl2F3NO3S.C5H11Cl/c1-23(20,21)12-5-2-7(14)11-8(10(5)19-11)9(15)6(12)3-22-4-13(16,17)18;1-2-3-4-5-6/h2H,3-4H2,1H3;2-5H2,1H3. The normalized spacial score (nSPS) is 13.0. The van der Waals surface area contributed by atoms with Crippen molar-refractivity contribution in [1.29, 1.82) is 0 Å². The number of unbranched alkanes of at least 4 members (excludes halogenated alkanes) is 2. The van der Waals surface area contributed by atoms with Gasteiger partial charge in [0.15, 0.2) is 9.84 Å². The number of alkyl halides is 4. The molecule has 1 aliphatic rings. The van der Waals surface area contributed by atoms with Crippen LogP contribution in [0.4, 0.5) is 18.9 Å². The zero-order chi connectivity index (χ0) is 22.0. The summed E-state index contributed by atoms with van der Waals surface area (Å²) in [5.74, 6) is 0.827. The molecular weight excluding hydrogens is 474 g/mol. The molecule has 2 aromatic rings. The fraction of sp³-hybridized carbons (Fsp3) is 0.500. The molecule has 1 heterocycles. The van der Waals surface area contributed by atoms with Crippen molar-refractivity contribution >= 4 is 61.1 Å². The Morgan fingerprint density at radius 2 is 1.86 bits per heavy atom. The van der Waals surface area contributed by atoms with E-state index in [1.807, 2.05) is 0 Å². The van der Waals surface area contributed by atoms with E-state index in [1.165, 1.54) is 25.3 Å². The molecule has 0 radical (unpaired) electrons. The molecular formula is C18H19Cl3F3NO3S. The Hall–Kier alpha value is -0.800. The molecule has 4 nitrogen and oxygen atoms in total. The van der Waals surface area contributed by atoms with Crippen molar-refractivity contribution in [3.63, 3.8) is 0 Å². The highest BCUT2D eigenvalue weighted by molar-refractivity contribution is 7.91. The summed E-state index contributed by atoms with van der Waals surface area (Å²) in [6.07, 6.45) is 0.149. The van der Waals surface area contributed by atoms with Crippen LogP contribution in [0.2, 0.25) is 10.0 Å². The molecule has 0 saturated carbocycles. The first-order chi connectivity index (χ1) is 13.4. The van der Waals surface area contributed by atoms with Gasteiger partial charge in [-0.1, -0.05) is 43.0 Å². The number of rotatable bonds is 7. The van der Waals surface area contributed by atoms with Crippen LogP contribution in [0.5, 0.6) is 0 Å². The van der Waals surface area contributed by atoms with Crippen LogP contribution in [0.15, 0.2) is 16.0 Å². The number of nitrogens with zero attached hydrogens (tertiary/aromatic N) is 1. The van der Waals surface area contributed by atoms with Gasteiger partial charge in [-0.05, 0) is 12.5 Å². The van der Waals surface area contributed by atoms with E-state index >= 15 is 0 Å². The van der Waals surface area contributed by atoms with Gasteiger partial charge in [0.05, 0.1) is 32.6 Å². The molecule has 0 N–H and O–H groups in total. The minimum Gasteiger partial charge on any atom is -0.367 e. The third-order valence-electron chi connectivity index (χ3n) is 4.07. The van der Waals surface area contributed by atoms with Crippen LogP contribution < -0.4 is 5.36 Å². The number of benzene rings is 2. The third-order valence-corrected chi connectivity index (χ3v) is 6.25. The van der Waals surface area contributed by atoms with Gasteiger partial charge in [0.1, 0.15) is 6.61 Å². The lowest BCUT2D eigenvalue weighted by molar-refractivity contribution is -0.176. The van der Waals surface area contributed by atoms with Crippen molar-refractivity contribution in [1.82, 2.24) is 0 Å². The highest BCUT2D eigenvalue weighted by Gasteiger charge is 2.31. The Balaban J connectivity index is 0.000000438. The minimum absolute atomic E-state index is 0.00241. The van der Waals surface area contributed by atoms with E-state index in [0.29, 0.717) is 16.4 Å². The van der Waals surface area contributed by atoms with Gasteiger partial charge >= 0.3 is 6.18 Å². The summed E-state index contributed by atoms with van der Waals surface area (Å²) in [4.78, 5) is 3.89. The van der Waals surface area contributed by atoms with Crippen LogP contribution in [0.1, 0.15) is 31.7 Å². The average molecular weight is 493 g/mol. The Bertz CT molecular complexity index is 1050. The second-order valence-corrected chi connectivity index (χ2v) is 9.60. The molecule has 0 saturated heterocycles. The predicted molar refractivity (Wildman–Crippen MR) is 109 cm³/mol. The van der Waals surface area contributed by atoms with Gasteiger partial charge in [0.25, 0.3) is 0 Å². The maximum atomic E-state index is 12.2. The lowest BCUT2D eigenvalue weighted by atomic mass is 10.00. The third kappa shape index (κ3) is 5.67. The fourth-order valence-electron chi connectivity index (χ4n) is 2.87. The first-order valence-corrected chi connectivity index (χ1v) is 11.9. The molecule has 0 fully saturated rings. The van der Waals surface area contributed by atoms with Gasteiger partial charge in [-0.3, -0.25) is 0 Å². The molecule has 1 aliphatic heterocycles. The van der Waals surface area contributed by atoms with Gasteiger partial charge < -0.3 is 4.74 Å². The zero-order valence-corrected chi connectivity index (χ0v) is 18.8. The lowest BCUT2D eigenvalue weighted by Crippen LogP contribution is -2.22. The molecule has 0 spiro atoms. The van der Waals surface area contributed by atoms with E-state index in [-0.39, 0.29) is 25.9 Å². The van der Waals surface area contributed by atoms with Gasteiger partial charge in [-0.25, -0.2) is 13.4 Å². The van der Waals surface area contributed by atoms with Crippen molar-refractivity contribution in [2.45, 2.75) is 43.9 Å². The molecule has 4 bridgehead atoms.